The van der Waals surface area contributed by atoms with Crippen LogP contribution >= 0.6 is 0 Å². The third kappa shape index (κ3) is 7.70. The van der Waals surface area contributed by atoms with E-state index in [0.29, 0.717) is 45.2 Å². The standard InChI is InChI=1S/C19H25F3N2O3.C2H4O2/c20-19(21,22)13-2-1-3-15(11-13)27-14-6-8-24(9-7-14)18(26)12-4-5-17(25)16(23)10-12;1-2(3)4/h1-3,11-12,14,16-17,25H,4-10,23H2;1H3,(H,3,4)/t12-,16+,17+;/m0./s1. The molecule has 4 N–H and O–H groups in total. The number of carboxylic acids is 1. The summed E-state index contributed by atoms with van der Waals surface area (Å²) in [4.78, 5) is 23.4. The van der Waals surface area contributed by atoms with Gasteiger partial charge in [0.15, 0.2) is 0 Å². The molecule has 2 fully saturated rings. The van der Waals surface area contributed by atoms with E-state index in [0.717, 1.165) is 19.1 Å². The molecule has 1 saturated heterocycles. The maximum absolute atomic E-state index is 12.8. The van der Waals surface area contributed by atoms with E-state index in [1.54, 1.807) is 4.90 Å². The zero-order valence-corrected chi connectivity index (χ0v) is 17.3. The van der Waals surface area contributed by atoms with Gasteiger partial charge in [-0.25, -0.2) is 0 Å². The molecular formula is C21H29F3N2O5. The molecule has 1 aromatic carbocycles. The van der Waals surface area contributed by atoms with Gasteiger partial charge in [-0.1, -0.05) is 6.07 Å². The van der Waals surface area contributed by atoms with Gasteiger partial charge in [0, 0.05) is 44.8 Å². The lowest BCUT2D eigenvalue weighted by atomic mass is 9.83. The number of halogens is 3. The van der Waals surface area contributed by atoms with E-state index < -0.39 is 23.8 Å². The van der Waals surface area contributed by atoms with Crippen molar-refractivity contribution >= 4 is 11.9 Å². The minimum atomic E-state index is -4.40. The number of rotatable bonds is 3. The zero-order chi connectivity index (χ0) is 23.2. The number of benzene rings is 1. The maximum atomic E-state index is 12.8. The molecule has 1 amide bonds. The lowest BCUT2D eigenvalue weighted by molar-refractivity contribution is -0.140. The summed E-state index contributed by atoms with van der Waals surface area (Å²) >= 11 is 0. The van der Waals surface area contributed by atoms with Crippen LogP contribution in [0.4, 0.5) is 13.2 Å². The van der Waals surface area contributed by atoms with Gasteiger partial charge in [0.25, 0.3) is 5.97 Å². The Hall–Kier alpha value is -2.33. The fraction of sp³-hybridized carbons (Fsp3) is 0.619. The van der Waals surface area contributed by atoms with Crippen LogP contribution in [0, 0.1) is 5.92 Å². The van der Waals surface area contributed by atoms with Gasteiger partial charge in [0.2, 0.25) is 5.91 Å². The van der Waals surface area contributed by atoms with Crippen molar-refractivity contribution in [1.82, 2.24) is 4.90 Å². The van der Waals surface area contributed by atoms with Crippen LogP contribution in [-0.2, 0) is 15.8 Å². The number of hydrogen-bond donors (Lipinski definition) is 3. The Balaban J connectivity index is 0.000000785. The molecule has 1 aliphatic carbocycles. The Labute approximate surface area is 179 Å². The van der Waals surface area contributed by atoms with Crippen molar-refractivity contribution in [3.8, 4) is 5.75 Å². The monoisotopic (exact) mass is 446 g/mol. The first-order valence-corrected chi connectivity index (χ1v) is 10.2. The van der Waals surface area contributed by atoms with Crippen LogP contribution in [-0.4, -0.2) is 58.3 Å². The van der Waals surface area contributed by atoms with Gasteiger partial charge in [-0.15, -0.1) is 0 Å². The van der Waals surface area contributed by atoms with Crippen LogP contribution in [0.1, 0.15) is 44.6 Å². The maximum Gasteiger partial charge on any atom is 0.416 e. The van der Waals surface area contributed by atoms with Crippen molar-refractivity contribution in [1.29, 1.82) is 0 Å². The normalized spacial score (nSPS) is 24.7. The summed E-state index contributed by atoms with van der Waals surface area (Å²) in [6, 6.07) is 4.50. The molecule has 0 spiro atoms. The fourth-order valence-electron chi connectivity index (χ4n) is 3.80. The third-order valence-electron chi connectivity index (χ3n) is 5.43. The molecule has 174 valence electrons. The van der Waals surface area contributed by atoms with Crippen molar-refractivity contribution in [2.75, 3.05) is 13.1 Å². The second-order valence-electron chi connectivity index (χ2n) is 7.93. The Kier molecular flexibility index (Phi) is 8.69. The minimum absolute atomic E-state index is 0.0508. The zero-order valence-electron chi connectivity index (χ0n) is 17.3. The van der Waals surface area contributed by atoms with Gasteiger partial charge < -0.3 is 25.6 Å². The first-order valence-electron chi connectivity index (χ1n) is 10.2. The number of hydrogen-bond acceptors (Lipinski definition) is 5. The van der Waals surface area contributed by atoms with E-state index in [4.69, 9.17) is 20.4 Å². The Bertz CT molecular complexity index is 747. The minimum Gasteiger partial charge on any atom is -0.490 e. The van der Waals surface area contributed by atoms with Crippen LogP contribution in [0.2, 0.25) is 0 Å². The summed E-state index contributed by atoms with van der Waals surface area (Å²) in [5, 5.41) is 17.1. The fourth-order valence-corrected chi connectivity index (χ4v) is 3.80. The molecule has 0 radical (unpaired) electrons. The number of carbonyl (C=O) groups excluding carboxylic acids is 1. The Morgan fingerprint density at radius 3 is 2.32 bits per heavy atom. The number of aliphatic hydroxyl groups is 1. The average molecular weight is 446 g/mol. The molecule has 3 rings (SSSR count). The number of aliphatic carboxylic acids is 1. The highest BCUT2D eigenvalue weighted by molar-refractivity contribution is 5.79. The summed E-state index contributed by atoms with van der Waals surface area (Å²) in [6.07, 6.45) is -2.36. The molecule has 3 atom stereocenters. The molecule has 0 unspecified atom stereocenters. The summed E-state index contributed by atoms with van der Waals surface area (Å²) < 4.78 is 44.1. The number of ether oxygens (including phenoxy) is 1. The van der Waals surface area contributed by atoms with Gasteiger partial charge in [-0.2, -0.15) is 13.2 Å². The van der Waals surface area contributed by atoms with E-state index in [9.17, 15) is 23.1 Å². The predicted octanol–water partition coefficient (Wildman–Crippen LogP) is 2.65. The van der Waals surface area contributed by atoms with E-state index in [1.165, 1.54) is 12.1 Å². The summed E-state index contributed by atoms with van der Waals surface area (Å²) in [7, 11) is 0. The van der Waals surface area contributed by atoms with E-state index in [1.807, 2.05) is 0 Å². The number of piperidine rings is 1. The molecule has 7 nitrogen and oxygen atoms in total. The number of nitrogens with zero attached hydrogens (tertiary/aromatic N) is 1. The van der Waals surface area contributed by atoms with Gasteiger partial charge in [-0.05, 0) is 37.5 Å². The van der Waals surface area contributed by atoms with Crippen molar-refractivity contribution in [2.45, 2.75) is 63.5 Å². The van der Waals surface area contributed by atoms with E-state index in [2.05, 4.69) is 0 Å². The van der Waals surface area contributed by atoms with Crippen LogP contribution in [0.25, 0.3) is 0 Å². The van der Waals surface area contributed by atoms with E-state index in [-0.39, 0.29) is 29.7 Å². The molecule has 10 heteroatoms. The van der Waals surface area contributed by atoms with E-state index >= 15 is 0 Å². The topological polar surface area (TPSA) is 113 Å². The number of nitrogens with two attached hydrogens (primary N) is 1. The highest BCUT2D eigenvalue weighted by Gasteiger charge is 2.35. The predicted molar refractivity (Wildman–Crippen MR) is 106 cm³/mol. The second-order valence-corrected chi connectivity index (χ2v) is 7.93. The second kappa shape index (κ2) is 10.8. The van der Waals surface area contributed by atoms with Crippen molar-refractivity contribution in [3.63, 3.8) is 0 Å². The van der Waals surface area contributed by atoms with Gasteiger partial charge in [0.05, 0.1) is 11.7 Å². The molecule has 0 aromatic heterocycles. The first kappa shape index (κ1) is 24.9. The number of carboxylic acid groups (broad SMARTS) is 1. The number of carbonyl (C=O) groups is 2. The highest BCUT2D eigenvalue weighted by Crippen LogP contribution is 2.32. The number of likely N-dealkylation sites (tertiary alicyclic amines) is 1. The van der Waals surface area contributed by atoms with Gasteiger partial charge in [0.1, 0.15) is 11.9 Å². The molecule has 1 saturated carbocycles. The molecule has 2 aliphatic rings. The Morgan fingerprint density at radius 2 is 1.77 bits per heavy atom. The largest absolute Gasteiger partial charge is 0.490 e. The quantitative estimate of drug-likeness (QED) is 0.658. The summed E-state index contributed by atoms with van der Waals surface area (Å²) in [6.45, 7) is 2.10. The third-order valence-corrected chi connectivity index (χ3v) is 5.43. The van der Waals surface area contributed by atoms with Crippen LogP contribution in [0.5, 0.6) is 5.75 Å². The van der Waals surface area contributed by atoms with Gasteiger partial charge >= 0.3 is 6.18 Å². The van der Waals surface area contributed by atoms with Crippen LogP contribution < -0.4 is 10.5 Å². The average Bonchev–Trinajstić information content (AvgIpc) is 2.69. The molecule has 0 bridgehead atoms. The van der Waals surface area contributed by atoms with Crippen molar-refractivity contribution in [3.05, 3.63) is 29.8 Å². The Morgan fingerprint density at radius 1 is 1.16 bits per heavy atom. The number of alkyl halides is 3. The van der Waals surface area contributed by atoms with Crippen molar-refractivity contribution in [2.24, 2.45) is 11.7 Å². The summed E-state index contributed by atoms with van der Waals surface area (Å²) in [5.41, 5.74) is 5.13. The molecule has 1 heterocycles. The lowest BCUT2D eigenvalue weighted by Crippen LogP contribution is -2.48. The number of aliphatic hydroxyl groups excluding tert-OH is 1. The van der Waals surface area contributed by atoms with Gasteiger partial charge in [-0.3, -0.25) is 9.59 Å². The smallest absolute Gasteiger partial charge is 0.416 e. The molecular weight excluding hydrogens is 417 g/mol. The highest BCUT2D eigenvalue weighted by atomic mass is 19.4. The SMILES string of the molecule is CC(=O)O.N[C@@H]1C[C@@H](C(=O)N2CCC(Oc3cccc(C(F)(F)F)c3)CC2)CC[C@H]1O. The lowest BCUT2D eigenvalue weighted by Gasteiger charge is -2.37. The van der Waals surface area contributed by atoms with Crippen molar-refractivity contribution < 1.29 is 37.7 Å². The molecule has 1 aromatic rings. The number of amides is 1. The van der Waals surface area contributed by atoms with Crippen LogP contribution in [0.15, 0.2) is 24.3 Å². The van der Waals surface area contributed by atoms with Crippen LogP contribution in [0.3, 0.4) is 0 Å². The molecule has 1 aliphatic heterocycles. The first-order chi connectivity index (χ1) is 14.5. The summed E-state index contributed by atoms with van der Waals surface area (Å²) in [5.74, 6) is -0.749. The molecule has 31 heavy (non-hydrogen) atoms.